The minimum absolute atomic E-state index is 0.150. The number of nitrogens with two attached hydrogens (primary N) is 1. The van der Waals surface area contributed by atoms with Crippen LogP contribution < -0.4 is 15.4 Å². The Kier molecular flexibility index (Phi) is 7.80. The predicted octanol–water partition coefficient (Wildman–Crippen LogP) is 5.77. The number of nitrogens with zero attached hydrogens (tertiary/aromatic N) is 1. The van der Waals surface area contributed by atoms with Crippen molar-refractivity contribution in [1.82, 2.24) is 0 Å². The van der Waals surface area contributed by atoms with Crippen molar-refractivity contribution in [3.63, 3.8) is 0 Å². The molecule has 0 aliphatic carbocycles. The fourth-order valence-corrected chi connectivity index (χ4v) is 4.15. The van der Waals surface area contributed by atoms with Crippen molar-refractivity contribution >= 4 is 35.0 Å². The summed E-state index contributed by atoms with van der Waals surface area (Å²) < 4.78 is 5.91. The molecule has 3 aromatic rings. The third kappa shape index (κ3) is 5.79. The molecule has 6 heteroatoms. The Morgan fingerprint density at radius 1 is 1.07 bits per heavy atom. The molecule has 0 heterocycles. The lowest BCUT2D eigenvalue weighted by molar-refractivity contribution is -0.119. The second-order valence-electron chi connectivity index (χ2n) is 6.88. The van der Waals surface area contributed by atoms with Crippen LogP contribution in [0, 0.1) is 0 Å². The fourth-order valence-electron chi connectivity index (χ4n) is 2.87. The van der Waals surface area contributed by atoms with Crippen LogP contribution in [0.25, 0.3) is 0 Å². The summed E-state index contributed by atoms with van der Waals surface area (Å²) in [6.07, 6.45) is 0.581. The summed E-state index contributed by atoms with van der Waals surface area (Å²) in [5.74, 6) is 0.661. The zero-order valence-electron chi connectivity index (χ0n) is 17.0. The van der Waals surface area contributed by atoms with E-state index in [2.05, 4.69) is 0 Å². The third-order valence-electron chi connectivity index (χ3n) is 4.66. The van der Waals surface area contributed by atoms with Crippen molar-refractivity contribution in [3.8, 4) is 5.75 Å². The molecule has 0 radical (unpaired) electrons. The second-order valence-corrected chi connectivity index (χ2v) is 8.43. The highest BCUT2D eigenvalue weighted by atomic mass is 35.5. The number of hydrogen-bond donors (Lipinski definition) is 1. The molecule has 0 bridgehead atoms. The second kappa shape index (κ2) is 10.5. The first-order valence-corrected chi connectivity index (χ1v) is 10.9. The summed E-state index contributed by atoms with van der Waals surface area (Å²) in [6, 6.07) is 23.1. The van der Waals surface area contributed by atoms with Gasteiger partial charge in [0.2, 0.25) is 5.91 Å². The van der Waals surface area contributed by atoms with E-state index in [4.69, 9.17) is 22.1 Å². The topological polar surface area (TPSA) is 55.6 Å². The zero-order chi connectivity index (χ0) is 21.5. The van der Waals surface area contributed by atoms with Crippen molar-refractivity contribution in [3.05, 3.63) is 83.4 Å². The molecule has 3 aromatic carbocycles. The number of benzene rings is 3. The van der Waals surface area contributed by atoms with E-state index in [0.717, 1.165) is 21.1 Å². The molecule has 0 saturated heterocycles. The molecule has 156 valence electrons. The molecule has 0 aromatic heterocycles. The first-order chi connectivity index (χ1) is 14.5. The van der Waals surface area contributed by atoms with Crippen LogP contribution >= 0.6 is 23.4 Å². The molecule has 4 nitrogen and oxygen atoms in total. The quantitative estimate of drug-likeness (QED) is 0.483. The van der Waals surface area contributed by atoms with E-state index in [1.807, 2.05) is 79.7 Å². The maximum absolute atomic E-state index is 12.3. The molecule has 0 aliphatic heterocycles. The van der Waals surface area contributed by atoms with Gasteiger partial charge in [-0.1, -0.05) is 66.7 Å². The summed E-state index contributed by atoms with van der Waals surface area (Å²) in [7, 11) is 1.69. The molecule has 0 fully saturated rings. The summed E-state index contributed by atoms with van der Waals surface area (Å²) in [6.45, 7) is 2.41. The Bertz CT molecular complexity index is 998. The average molecular weight is 441 g/mol. The zero-order valence-corrected chi connectivity index (χ0v) is 18.6. The average Bonchev–Trinajstić information content (AvgIpc) is 2.77. The molecular formula is C24H25ClN2O2S. The van der Waals surface area contributed by atoms with Gasteiger partial charge in [-0.3, -0.25) is 4.79 Å². The standard InChI is InChI=1S/C24H25ClN2O2S/c1-3-22(26)24(28)27(2)23-13-12-20(15-21(23)25)30-19-11-7-10-18(14-19)29-16-17-8-5-4-6-9-17/h4-15,22H,3,16,26H2,1-2H3/t22-/m0/s1. The number of hydrogen-bond acceptors (Lipinski definition) is 4. The highest BCUT2D eigenvalue weighted by Gasteiger charge is 2.19. The summed E-state index contributed by atoms with van der Waals surface area (Å²) in [4.78, 5) is 15.9. The van der Waals surface area contributed by atoms with Crippen LogP contribution in [0.3, 0.4) is 0 Å². The molecule has 0 unspecified atom stereocenters. The van der Waals surface area contributed by atoms with Gasteiger partial charge in [-0.05, 0) is 48.4 Å². The maximum Gasteiger partial charge on any atom is 0.243 e. The number of rotatable bonds is 8. The summed E-state index contributed by atoms with van der Waals surface area (Å²) in [5, 5.41) is 0.510. The smallest absolute Gasteiger partial charge is 0.243 e. The Labute approximate surface area is 187 Å². The number of likely N-dealkylation sites (N-methyl/N-ethyl adjacent to an activating group) is 1. The van der Waals surface area contributed by atoms with Crippen molar-refractivity contribution in [1.29, 1.82) is 0 Å². The van der Waals surface area contributed by atoms with Gasteiger partial charge < -0.3 is 15.4 Å². The Morgan fingerprint density at radius 2 is 1.80 bits per heavy atom. The van der Waals surface area contributed by atoms with Crippen LogP contribution in [-0.2, 0) is 11.4 Å². The first-order valence-electron chi connectivity index (χ1n) is 9.75. The number of anilines is 1. The van der Waals surface area contributed by atoms with Crippen molar-refractivity contribution < 1.29 is 9.53 Å². The minimum atomic E-state index is -0.529. The molecular weight excluding hydrogens is 416 g/mol. The Hall–Kier alpha value is -2.47. The van der Waals surface area contributed by atoms with Crippen LogP contribution in [0.4, 0.5) is 5.69 Å². The van der Waals surface area contributed by atoms with Gasteiger partial charge in [0.25, 0.3) is 0 Å². The normalized spacial score (nSPS) is 11.7. The summed E-state index contributed by atoms with van der Waals surface area (Å²) >= 11 is 8.04. The van der Waals surface area contributed by atoms with Gasteiger partial charge in [0.1, 0.15) is 12.4 Å². The van der Waals surface area contributed by atoms with Gasteiger partial charge in [-0.25, -0.2) is 0 Å². The highest BCUT2D eigenvalue weighted by Crippen LogP contribution is 2.35. The Morgan fingerprint density at radius 3 is 2.50 bits per heavy atom. The lowest BCUT2D eigenvalue weighted by Gasteiger charge is -2.22. The van der Waals surface area contributed by atoms with Crippen molar-refractivity contribution in [2.45, 2.75) is 35.8 Å². The molecule has 0 aliphatic rings. The van der Waals surface area contributed by atoms with Gasteiger partial charge >= 0.3 is 0 Å². The number of carbonyl (C=O) groups excluding carboxylic acids is 1. The lowest BCUT2D eigenvalue weighted by atomic mass is 10.2. The molecule has 0 spiro atoms. The van der Waals surface area contributed by atoms with E-state index in [9.17, 15) is 4.79 Å². The summed E-state index contributed by atoms with van der Waals surface area (Å²) in [5.41, 5.74) is 7.63. The van der Waals surface area contributed by atoms with Gasteiger partial charge in [0, 0.05) is 16.8 Å². The minimum Gasteiger partial charge on any atom is -0.489 e. The van der Waals surface area contributed by atoms with E-state index in [1.165, 1.54) is 4.90 Å². The lowest BCUT2D eigenvalue weighted by Crippen LogP contribution is -2.41. The van der Waals surface area contributed by atoms with Crippen LogP contribution in [0.5, 0.6) is 5.75 Å². The van der Waals surface area contributed by atoms with Gasteiger partial charge in [-0.2, -0.15) is 0 Å². The first kappa shape index (κ1) is 22.2. The largest absolute Gasteiger partial charge is 0.489 e. The van der Waals surface area contributed by atoms with E-state index >= 15 is 0 Å². The van der Waals surface area contributed by atoms with Crippen LogP contribution in [-0.4, -0.2) is 19.0 Å². The van der Waals surface area contributed by atoms with Gasteiger partial charge in [-0.15, -0.1) is 0 Å². The number of halogens is 1. The van der Waals surface area contributed by atoms with E-state index in [-0.39, 0.29) is 5.91 Å². The van der Waals surface area contributed by atoms with Gasteiger partial charge in [0.05, 0.1) is 16.8 Å². The van der Waals surface area contributed by atoms with Crippen LogP contribution in [0.2, 0.25) is 5.02 Å². The monoisotopic (exact) mass is 440 g/mol. The van der Waals surface area contributed by atoms with Crippen molar-refractivity contribution in [2.75, 3.05) is 11.9 Å². The van der Waals surface area contributed by atoms with Crippen molar-refractivity contribution in [2.24, 2.45) is 5.73 Å². The molecule has 1 amide bonds. The molecule has 1 atom stereocenters. The highest BCUT2D eigenvalue weighted by molar-refractivity contribution is 7.99. The van der Waals surface area contributed by atoms with E-state index in [1.54, 1.807) is 18.8 Å². The molecule has 2 N–H and O–H groups in total. The fraction of sp³-hybridized carbons (Fsp3) is 0.208. The SMILES string of the molecule is CC[C@H](N)C(=O)N(C)c1ccc(Sc2cccc(OCc3ccccc3)c2)cc1Cl. The van der Waals surface area contributed by atoms with E-state index in [0.29, 0.717) is 23.7 Å². The number of carbonyl (C=O) groups is 1. The molecule has 30 heavy (non-hydrogen) atoms. The maximum atomic E-state index is 12.3. The Balaban J connectivity index is 1.68. The predicted molar refractivity (Wildman–Crippen MR) is 124 cm³/mol. The van der Waals surface area contributed by atoms with Crippen LogP contribution in [0.1, 0.15) is 18.9 Å². The molecule has 3 rings (SSSR count). The third-order valence-corrected chi connectivity index (χ3v) is 5.94. The van der Waals surface area contributed by atoms with E-state index < -0.39 is 6.04 Å². The number of amides is 1. The molecule has 0 saturated carbocycles. The number of ether oxygens (including phenoxy) is 1. The van der Waals surface area contributed by atoms with Gasteiger partial charge in [0.15, 0.2) is 0 Å². The van der Waals surface area contributed by atoms with Crippen LogP contribution in [0.15, 0.2) is 82.6 Å².